The molecule has 0 aliphatic heterocycles. The van der Waals surface area contributed by atoms with Crippen LogP contribution in [0.5, 0.6) is 5.88 Å². The van der Waals surface area contributed by atoms with Crippen LogP contribution in [0.2, 0.25) is 5.15 Å². The zero-order valence-electron chi connectivity index (χ0n) is 25.2. The number of anilines is 2. The summed E-state index contributed by atoms with van der Waals surface area (Å²) >= 11 is 7.22. The molecule has 14 heteroatoms. The van der Waals surface area contributed by atoms with Gasteiger partial charge in [0, 0.05) is 25.3 Å². The van der Waals surface area contributed by atoms with Crippen molar-refractivity contribution in [1.29, 1.82) is 5.26 Å². The highest BCUT2D eigenvalue weighted by molar-refractivity contribution is 7.19. The van der Waals surface area contributed by atoms with E-state index in [-0.39, 0.29) is 35.8 Å². The lowest BCUT2D eigenvalue weighted by atomic mass is 10.1. The Morgan fingerprint density at radius 3 is 2.53 bits per heavy atom. The fraction of sp³-hybridized carbons (Fsp3) is 0.290. The summed E-state index contributed by atoms with van der Waals surface area (Å²) in [5, 5.41) is 12.9. The van der Waals surface area contributed by atoms with E-state index in [1.165, 1.54) is 23.5 Å². The number of fused-ring (bicyclic) bond motifs is 1. The van der Waals surface area contributed by atoms with Crippen LogP contribution in [0.15, 0.2) is 54.1 Å². The largest absolute Gasteiger partial charge is 0.473 e. The SMILES string of the molecule is CN(CCOC(=O)NCc1ccc(COc2cc(Cl)nc(N)n2)cc1)c1ccc2nc(/C=C(\C#N)C(=O)OC(C)(C)C)sc2c1. The Hall–Kier alpha value is -4.93. The number of nitrogen functional groups attached to an aromatic ring is 1. The monoisotopic (exact) mass is 649 g/mol. The predicted molar refractivity (Wildman–Crippen MR) is 173 cm³/mol. The Bertz CT molecular complexity index is 1730. The number of alkyl carbamates (subject to hydrolysis) is 1. The molecule has 0 bridgehead atoms. The molecular formula is C31H32ClN7O5S. The smallest absolute Gasteiger partial charge is 0.407 e. The molecule has 0 fully saturated rings. The first-order chi connectivity index (χ1) is 21.4. The second kappa shape index (κ2) is 14.7. The van der Waals surface area contributed by atoms with Gasteiger partial charge in [0.05, 0.1) is 16.8 Å². The number of carbonyl (C=O) groups excluding carboxylic acids is 2. The van der Waals surface area contributed by atoms with Crippen LogP contribution < -0.4 is 20.7 Å². The number of rotatable bonds is 11. The van der Waals surface area contributed by atoms with E-state index in [1.54, 1.807) is 20.8 Å². The van der Waals surface area contributed by atoms with Crippen molar-refractivity contribution >= 4 is 62.9 Å². The Morgan fingerprint density at radius 2 is 1.84 bits per heavy atom. The van der Waals surface area contributed by atoms with E-state index >= 15 is 0 Å². The minimum Gasteiger partial charge on any atom is -0.473 e. The molecule has 0 saturated carbocycles. The van der Waals surface area contributed by atoms with Gasteiger partial charge in [-0.3, -0.25) is 0 Å². The first-order valence-corrected chi connectivity index (χ1v) is 15.0. The fourth-order valence-corrected chi connectivity index (χ4v) is 4.98. The number of benzene rings is 2. The fourth-order valence-electron chi connectivity index (χ4n) is 3.85. The minimum atomic E-state index is -0.708. The van der Waals surface area contributed by atoms with Crippen LogP contribution in [-0.2, 0) is 27.4 Å². The summed E-state index contributed by atoms with van der Waals surface area (Å²) in [7, 11) is 1.89. The Kier molecular flexibility index (Phi) is 10.8. The van der Waals surface area contributed by atoms with E-state index in [9.17, 15) is 14.9 Å². The van der Waals surface area contributed by atoms with Gasteiger partial charge in [-0.05, 0) is 56.2 Å². The first kappa shape index (κ1) is 33.0. The number of nitriles is 1. The summed E-state index contributed by atoms with van der Waals surface area (Å²) in [5.41, 5.74) is 8.18. The molecule has 3 N–H and O–H groups in total. The number of nitrogens with zero attached hydrogens (tertiary/aromatic N) is 5. The number of nitrogens with one attached hydrogen (secondary N) is 1. The number of likely N-dealkylation sites (N-methyl/N-ethyl adjacent to an activating group) is 1. The van der Waals surface area contributed by atoms with E-state index in [0.717, 1.165) is 27.0 Å². The maximum absolute atomic E-state index is 12.3. The molecule has 0 spiro atoms. The number of hydrogen-bond donors (Lipinski definition) is 2. The summed E-state index contributed by atoms with van der Waals surface area (Å²) in [6.07, 6.45) is 0.911. The topological polar surface area (TPSA) is 166 Å². The highest BCUT2D eigenvalue weighted by atomic mass is 35.5. The van der Waals surface area contributed by atoms with E-state index < -0.39 is 17.7 Å². The molecule has 2 aromatic heterocycles. The molecule has 4 aromatic rings. The molecule has 0 radical (unpaired) electrons. The third kappa shape index (κ3) is 10.1. The number of nitrogens with two attached hydrogens (primary N) is 1. The number of aromatic nitrogens is 3. The molecule has 0 atom stereocenters. The van der Waals surface area contributed by atoms with Crippen molar-refractivity contribution in [3.05, 3.63) is 75.4 Å². The number of halogens is 1. The number of hydrogen-bond acceptors (Lipinski definition) is 12. The molecule has 0 unspecified atom stereocenters. The average Bonchev–Trinajstić information content (AvgIpc) is 3.38. The van der Waals surface area contributed by atoms with Gasteiger partial charge in [0.2, 0.25) is 11.8 Å². The van der Waals surface area contributed by atoms with Crippen molar-refractivity contribution in [2.75, 3.05) is 30.8 Å². The summed E-state index contributed by atoms with van der Waals surface area (Å²) in [4.78, 5) is 38.8. The first-order valence-electron chi connectivity index (χ1n) is 13.8. The van der Waals surface area contributed by atoms with Crippen LogP contribution in [-0.4, -0.2) is 52.8 Å². The van der Waals surface area contributed by atoms with Gasteiger partial charge >= 0.3 is 12.1 Å². The number of carbonyl (C=O) groups is 2. The van der Waals surface area contributed by atoms with Gasteiger partial charge in [0.1, 0.15) is 40.6 Å². The maximum atomic E-state index is 12.3. The predicted octanol–water partition coefficient (Wildman–Crippen LogP) is 5.51. The van der Waals surface area contributed by atoms with Crippen LogP contribution in [0.3, 0.4) is 0 Å². The van der Waals surface area contributed by atoms with E-state index in [2.05, 4.69) is 20.3 Å². The zero-order chi connectivity index (χ0) is 32.6. The van der Waals surface area contributed by atoms with Crippen LogP contribution in [0.4, 0.5) is 16.4 Å². The number of ether oxygens (including phenoxy) is 3. The van der Waals surface area contributed by atoms with Gasteiger partial charge in [-0.1, -0.05) is 35.9 Å². The third-order valence-corrected chi connectivity index (χ3v) is 7.19. The van der Waals surface area contributed by atoms with Gasteiger partial charge in [0.25, 0.3) is 0 Å². The van der Waals surface area contributed by atoms with Gasteiger partial charge < -0.3 is 30.2 Å². The van der Waals surface area contributed by atoms with Gasteiger partial charge in [-0.2, -0.15) is 10.2 Å². The van der Waals surface area contributed by atoms with E-state index in [4.69, 9.17) is 31.5 Å². The Labute approximate surface area is 269 Å². The number of amides is 1. The highest BCUT2D eigenvalue weighted by Gasteiger charge is 2.20. The van der Waals surface area contributed by atoms with Crippen molar-refractivity contribution in [1.82, 2.24) is 20.3 Å². The minimum absolute atomic E-state index is 0.0349. The van der Waals surface area contributed by atoms with E-state index in [1.807, 2.05) is 60.5 Å². The molecular weight excluding hydrogens is 618 g/mol. The molecule has 2 heterocycles. The lowest BCUT2D eigenvalue weighted by Gasteiger charge is -2.19. The van der Waals surface area contributed by atoms with Crippen LogP contribution in [0, 0.1) is 11.3 Å². The number of esters is 1. The molecule has 12 nitrogen and oxygen atoms in total. The van der Waals surface area contributed by atoms with Crippen LogP contribution >= 0.6 is 22.9 Å². The van der Waals surface area contributed by atoms with Crippen molar-refractivity contribution in [2.45, 2.75) is 39.5 Å². The Balaban J connectivity index is 1.22. The molecule has 234 valence electrons. The molecule has 4 rings (SSSR count). The maximum Gasteiger partial charge on any atom is 0.407 e. The zero-order valence-corrected chi connectivity index (χ0v) is 26.7. The molecule has 1 amide bonds. The van der Waals surface area contributed by atoms with E-state index in [0.29, 0.717) is 18.1 Å². The summed E-state index contributed by atoms with van der Waals surface area (Å²) < 4.78 is 17.1. The summed E-state index contributed by atoms with van der Waals surface area (Å²) in [6, 6.07) is 16.6. The average molecular weight is 650 g/mol. The Morgan fingerprint density at radius 1 is 1.11 bits per heavy atom. The lowest BCUT2D eigenvalue weighted by molar-refractivity contribution is -0.149. The molecule has 0 saturated heterocycles. The van der Waals surface area contributed by atoms with Crippen molar-refractivity contribution in [2.24, 2.45) is 0 Å². The molecule has 2 aromatic carbocycles. The molecule has 0 aliphatic rings. The normalized spacial score (nSPS) is 11.5. The van der Waals surface area contributed by atoms with Gasteiger partial charge in [-0.25, -0.2) is 19.6 Å². The quantitative estimate of drug-likeness (QED) is 0.0910. The molecule has 45 heavy (non-hydrogen) atoms. The van der Waals surface area contributed by atoms with Crippen molar-refractivity contribution < 1.29 is 23.8 Å². The van der Waals surface area contributed by atoms with Crippen LogP contribution in [0.25, 0.3) is 16.3 Å². The summed E-state index contributed by atoms with van der Waals surface area (Å²) in [6.45, 7) is 6.42. The van der Waals surface area contributed by atoms with Crippen molar-refractivity contribution in [3.8, 4) is 11.9 Å². The summed E-state index contributed by atoms with van der Waals surface area (Å²) in [5.74, 6) is -0.372. The van der Waals surface area contributed by atoms with Crippen molar-refractivity contribution in [3.63, 3.8) is 0 Å². The second-order valence-corrected chi connectivity index (χ2v) is 12.2. The highest BCUT2D eigenvalue weighted by Crippen LogP contribution is 2.28. The second-order valence-electron chi connectivity index (χ2n) is 10.8. The molecule has 0 aliphatic carbocycles. The lowest BCUT2D eigenvalue weighted by Crippen LogP contribution is -2.28. The van der Waals surface area contributed by atoms with Gasteiger partial charge in [-0.15, -0.1) is 11.3 Å². The third-order valence-electron chi connectivity index (χ3n) is 6.03. The van der Waals surface area contributed by atoms with Crippen LogP contribution in [0.1, 0.15) is 36.9 Å². The number of thiazole rings is 1. The van der Waals surface area contributed by atoms with Gasteiger partial charge in [0.15, 0.2) is 0 Å². The standard InChI is InChI=1S/C31H32ClN7O5S/c1-31(2,3)44-28(40)21(16-33)13-27-36-23-10-9-22(14-24(23)45-27)39(4)11-12-42-30(41)35-17-19-5-7-20(8-6-19)18-43-26-15-25(32)37-29(34)38-26/h5-10,13-15H,11-12,17-18H2,1-4H3,(H,35,41)(H2,34,37,38)/b21-13+.